The second-order valence-electron chi connectivity index (χ2n) is 7.34. The van der Waals surface area contributed by atoms with Crippen molar-refractivity contribution in [1.29, 1.82) is 0 Å². The zero-order valence-corrected chi connectivity index (χ0v) is 18.4. The number of aliphatic imine (C=N–C) groups is 1. The first-order valence-electron chi connectivity index (χ1n) is 10.4. The van der Waals surface area contributed by atoms with Crippen LogP contribution in [-0.4, -0.2) is 41.4 Å². The number of benzene rings is 1. The number of nitrogens with zero attached hydrogens (tertiary/aromatic N) is 3. The van der Waals surface area contributed by atoms with Crippen molar-refractivity contribution in [3.63, 3.8) is 0 Å². The van der Waals surface area contributed by atoms with E-state index in [1.165, 1.54) is 11.3 Å². The highest BCUT2D eigenvalue weighted by molar-refractivity contribution is 7.11. The molecule has 1 aromatic carbocycles. The molecule has 2 aromatic rings. The minimum atomic E-state index is 0.143. The molecule has 0 radical (unpaired) electrons. The van der Waals surface area contributed by atoms with E-state index in [1.807, 2.05) is 43.0 Å². The Morgan fingerprint density at radius 3 is 2.48 bits per heavy atom. The highest BCUT2D eigenvalue weighted by Crippen LogP contribution is 2.17. The molecule has 29 heavy (non-hydrogen) atoms. The van der Waals surface area contributed by atoms with E-state index in [4.69, 9.17) is 0 Å². The van der Waals surface area contributed by atoms with Crippen molar-refractivity contribution >= 4 is 23.2 Å². The van der Waals surface area contributed by atoms with Gasteiger partial charge < -0.3 is 15.5 Å². The number of amides is 1. The Morgan fingerprint density at radius 1 is 1.14 bits per heavy atom. The Kier molecular flexibility index (Phi) is 7.63. The van der Waals surface area contributed by atoms with Crippen molar-refractivity contribution in [3.8, 4) is 0 Å². The van der Waals surface area contributed by atoms with Gasteiger partial charge in [-0.25, -0.2) is 9.98 Å². The lowest BCUT2D eigenvalue weighted by Gasteiger charge is -2.26. The van der Waals surface area contributed by atoms with Gasteiger partial charge in [-0.15, -0.1) is 11.3 Å². The van der Waals surface area contributed by atoms with Crippen LogP contribution in [0, 0.1) is 13.8 Å². The number of hydrogen-bond donors (Lipinski definition) is 2. The molecule has 1 aliphatic rings. The average Bonchev–Trinajstić information content (AvgIpc) is 3.07. The zero-order valence-electron chi connectivity index (χ0n) is 17.6. The van der Waals surface area contributed by atoms with Crippen molar-refractivity contribution in [3.05, 3.63) is 51.0 Å². The fourth-order valence-electron chi connectivity index (χ4n) is 3.45. The Balaban J connectivity index is 1.58. The maximum Gasteiger partial charge on any atom is 0.253 e. The van der Waals surface area contributed by atoms with Gasteiger partial charge in [0.05, 0.1) is 23.8 Å². The second-order valence-corrected chi connectivity index (χ2v) is 8.63. The number of thiazole rings is 1. The van der Waals surface area contributed by atoms with Gasteiger partial charge in [0.25, 0.3) is 5.91 Å². The molecular formula is C22H31N5OS. The lowest BCUT2D eigenvalue weighted by Crippen LogP contribution is -2.36. The summed E-state index contributed by atoms with van der Waals surface area (Å²) in [6, 6.07) is 7.85. The lowest BCUT2D eigenvalue weighted by atomic mass is 10.1. The van der Waals surface area contributed by atoms with Gasteiger partial charge in [0.2, 0.25) is 0 Å². The molecule has 0 aliphatic carbocycles. The molecule has 1 fully saturated rings. The average molecular weight is 414 g/mol. The molecule has 156 valence electrons. The molecule has 1 saturated heterocycles. The summed E-state index contributed by atoms with van der Waals surface area (Å²) in [5.41, 5.74) is 2.92. The quantitative estimate of drug-likeness (QED) is 0.560. The van der Waals surface area contributed by atoms with Crippen molar-refractivity contribution < 1.29 is 4.79 Å². The molecule has 2 heterocycles. The second kappa shape index (κ2) is 10.4. The molecule has 0 saturated carbocycles. The van der Waals surface area contributed by atoms with E-state index in [0.29, 0.717) is 13.1 Å². The maximum atomic E-state index is 12.6. The third-order valence-electron chi connectivity index (χ3n) is 5.02. The van der Waals surface area contributed by atoms with Crippen LogP contribution in [0.3, 0.4) is 0 Å². The molecule has 1 aliphatic heterocycles. The van der Waals surface area contributed by atoms with E-state index in [1.54, 1.807) is 11.3 Å². The standard InChI is InChI=1S/C22H31N5OS/c1-4-23-22(25-15-20-16(2)26-17(3)29-20)24-14-18-8-10-19(11-9-18)21(28)27-12-6-5-7-13-27/h8-11H,4-7,12-15H2,1-3H3,(H2,23,24,25). The molecule has 1 amide bonds. The van der Waals surface area contributed by atoms with E-state index in [2.05, 4.69) is 27.5 Å². The third kappa shape index (κ3) is 6.03. The van der Waals surface area contributed by atoms with Gasteiger partial charge >= 0.3 is 0 Å². The van der Waals surface area contributed by atoms with Crippen LogP contribution >= 0.6 is 11.3 Å². The van der Waals surface area contributed by atoms with Crippen LogP contribution in [0.1, 0.15) is 57.7 Å². The highest BCUT2D eigenvalue weighted by atomic mass is 32.1. The zero-order chi connectivity index (χ0) is 20.6. The number of likely N-dealkylation sites (tertiary alicyclic amines) is 1. The van der Waals surface area contributed by atoms with Crippen LogP contribution in [0.2, 0.25) is 0 Å². The summed E-state index contributed by atoms with van der Waals surface area (Å²) in [4.78, 5) is 24.9. The summed E-state index contributed by atoms with van der Waals surface area (Å²) in [6.45, 7) is 9.96. The summed E-state index contributed by atoms with van der Waals surface area (Å²) in [5.74, 6) is 0.927. The number of guanidine groups is 1. The molecule has 7 heteroatoms. The van der Waals surface area contributed by atoms with Gasteiger partial charge in [-0.05, 0) is 57.7 Å². The lowest BCUT2D eigenvalue weighted by molar-refractivity contribution is 0.0724. The van der Waals surface area contributed by atoms with Crippen LogP contribution in [-0.2, 0) is 13.1 Å². The topological polar surface area (TPSA) is 69.6 Å². The largest absolute Gasteiger partial charge is 0.357 e. The molecule has 0 bridgehead atoms. The van der Waals surface area contributed by atoms with Gasteiger partial charge in [0.1, 0.15) is 0 Å². The van der Waals surface area contributed by atoms with E-state index in [0.717, 1.165) is 60.3 Å². The van der Waals surface area contributed by atoms with Crippen LogP contribution in [0.4, 0.5) is 0 Å². The normalized spacial score (nSPS) is 14.7. The predicted molar refractivity (Wildman–Crippen MR) is 119 cm³/mol. The predicted octanol–water partition coefficient (Wildman–Crippen LogP) is 3.64. The van der Waals surface area contributed by atoms with Crippen molar-refractivity contribution in [2.75, 3.05) is 19.6 Å². The summed E-state index contributed by atoms with van der Waals surface area (Å²) in [7, 11) is 0. The number of nitrogens with one attached hydrogen (secondary N) is 2. The number of hydrogen-bond acceptors (Lipinski definition) is 4. The Bertz CT molecular complexity index is 837. The Labute approximate surface area is 177 Å². The molecule has 3 rings (SSSR count). The molecule has 2 N–H and O–H groups in total. The van der Waals surface area contributed by atoms with Crippen LogP contribution < -0.4 is 10.6 Å². The molecule has 1 aromatic heterocycles. The van der Waals surface area contributed by atoms with Crippen molar-refractivity contribution in [1.82, 2.24) is 20.5 Å². The maximum absolute atomic E-state index is 12.6. The van der Waals surface area contributed by atoms with Crippen LogP contribution in [0.25, 0.3) is 0 Å². The monoisotopic (exact) mass is 413 g/mol. The van der Waals surface area contributed by atoms with Crippen molar-refractivity contribution in [2.45, 2.75) is 53.1 Å². The molecule has 0 spiro atoms. The fraction of sp³-hybridized carbons (Fsp3) is 0.500. The number of rotatable bonds is 6. The first kappa shape index (κ1) is 21.3. The molecule has 6 nitrogen and oxygen atoms in total. The summed E-state index contributed by atoms with van der Waals surface area (Å²) < 4.78 is 0. The van der Waals surface area contributed by atoms with E-state index in [9.17, 15) is 4.79 Å². The van der Waals surface area contributed by atoms with Crippen LogP contribution in [0.15, 0.2) is 29.3 Å². The minimum absolute atomic E-state index is 0.143. The number of aromatic nitrogens is 1. The number of piperidine rings is 1. The van der Waals surface area contributed by atoms with E-state index >= 15 is 0 Å². The van der Waals surface area contributed by atoms with E-state index < -0.39 is 0 Å². The molecule has 0 atom stereocenters. The van der Waals surface area contributed by atoms with E-state index in [-0.39, 0.29) is 5.91 Å². The smallest absolute Gasteiger partial charge is 0.253 e. The summed E-state index contributed by atoms with van der Waals surface area (Å²) in [6.07, 6.45) is 3.45. The fourth-order valence-corrected chi connectivity index (χ4v) is 4.32. The number of carbonyl (C=O) groups excluding carboxylic acids is 1. The summed E-state index contributed by atoms with van der Waals surface area (Å²) in [5, 5.41) is 7.75. The Hall–Kier alpha value is -2.41. The van der Waals surface area contributed by atoms with Gasteiger partial charge in [-0.2, -0.15) is 0 Å². The van der Waals surface area contributed by atoms with Gasteiger partial charge in [-0.3, -0.25) is 4.79 Å². The first-order valence-corrected chi connectivity index (χ1v) is 11.2. The number of carbonyl (C=O) groups is 1. The third-order valence-corrected chi connectivity index (χ3v) is 6.10. The molecular weight excluding hydrogens is 382 g/mol. The van der Waals surface area contributed by atoms with Gasteiger partial charge in [0.15, 0.2) is 5.96 Å². The summed E-state index contributed by atoms with van der Waals surface area (Å²) >= 11 is 1.71. The minimum Gasteiger partial charge on any atom is -0.357 e. The van der Waals surface area contributed by atoms with Crippen molar-refractivity contribution in [2.24, 2.45) is 4.99 Å². The van der Waals surface area contributed by atoms with Crippen LogP contribution in [0.5, 0.6) is 0 Å². The SMILES string of the molecule is CCNC(=NCc1ccc(C(=O)N2CCCCC2)cc1)NCc1sc(C)nc1C. The van der Waals surface area contributed by atoms with Gasteiger partial charge in [0, 0.05) is 30.1 Å². The van der Waals surface area contributed by atoms with Gasteiger partial charge in [-0.1, -0.05) is 12.1 Å². The number of aryl methyl sites for hydroxylation is 2. The molecule has 0 unspecified atom stereocenters. The first-order chi connectivity index (χ1) is 14.1. The Morgan fingerprint density at radius 2 is 1.86 bits per heavy atom. The highest BCUT2D eigenvalue weighted by Gasteiger charge is 2.17.